The monoisotopic (exact) mass is 466 g/mol. The summed E-state index contributed by atoms with van der Waals surface area (Å²) in [5.74, 6) is 0.456. The van der Waals surface area contributed by atoms with E-state index in [0.717, 1.165) is 36.3 Å². The van der Waals surface area contributed by atoms with Crippen LogP contribution in [0.25, 0.3) is 0 Å². The van der Waals surface area contributed by atoms with E-state index in [1.165, 1.54) is 30.5 Å². The number of unbranched alkanes of at least 4 members (excludes halogenated alkanes) is 1. The summed E-state index contributed by atoms with van der Waals surface area (Å²) in [6.07, 6.45) is 4.91. The lowest BCUT2D eigenvalue weighted by molar-refractivity contribution is -0.116. The molecule has 0 atom stereocenters. The minimum Gasteiger partial charge on any atom is -0.491 e. The van der Waals surface area contributed by atoms with Gasteiger partial charge in [0.2, 0.25) is 11.3 Å². The van der Waals surface area contributed by atoms with Crippen LogP contribution in [-0.2, 0) is 23.5 Å². The Bertz CT molecular complexity index is 1140. The summed E-state index contributed by atoms with van der Waals surface area (Å²) in [5, 5.41) is 3.57. The molecule has 8 heteroatoms. The number of anilines is 1. The number of aromatic nitrogens is 3. The molecule has 1 N–H and O–H groups in total. The highest BCUT2D eigenvalue weighted by atomic mass is 32.2. The van der Waals surface area contributed by atoms with E-state index in [2.05, 4.69) is 22.2 Å². The second kappa shape index (κ2) is 11.7. The first kappa shape index (κ1) is 24.5. The summed E-state index contributed by atoms with van der Waals surface area (Å²) in [6, 6.07) is 11.3. The third-order valence-electron chi connectivity index (χ3n) is 5.08. The van der Waals surface area contributed by atoms with E-state index in [4.69, 9.17) is 4.74 Å². The molecule has 1 amide bonds. The van der Waals surface area contributed by atoms with Crippen LogP contribution in [0.5, 0.6) is 5.75 Å². The molecule has 0 spiro atoms. The SMILES string of the molecule is CCCCc1ccc(NC(=O)Cn2cc(OC)c(=O)cc2CSc2nc(C)cc(C)n2)cc1. The lowest BCUT2D eigenvalue weighted by Crippen LogP contribution is -2.22. The number of amides is 1. The maximum atomic E-state index is 12.8. The Hall–Kier alpha value is -3.13. The first-order chi connectivity index (χ1) is 15.9. The number of hydrogen-bond donors (Lipinski definition) is 1. The van der Waals surface area contributed by atoms with Crippen molar-refractivity contribution in [2.75, 3.05) is 12.4 Å². The Balaban J connectivity index is 1.73. The van der Waals surface area contributed by atoms with Crippen LogP contribution >= 0.6 is 11.8 Å². The van der Waals surface area contributed by atoms with Gasteiger partial charge in [0.05, 0.1) is 13.3 Å². The molecule has 0 aliphatic rings. The van der Waals surface area contributed by atoms with Crippen molar-refractivity contribution in [3.63, 3.8) is 0 Å². The van der Waals surface area contributed by atoms with Crippen LogP contribution in [0.1, 0.15) is 42.4 Å². The van der Waals surface area contributed by atoms with Gasteiger partial charge >= 0.3 is 0 Å². The maximum absolute atomic E-state index is 12.8. The molecule has 2 heterocycles. The summed E-state index contributed by atoms with van der Waals surface area (Å²) in [7, 11) is 1.44. The first-order valence-electron chi connectivity index (χ1n) is 11.0. The van der Waals surface area contributed by atoms with Gasteiger partial charge in [-0.25, -0.2) is 9.97 Å². The minimum atomic E-state index is -0.228. The molecule has 0 aliphatic carbocycles. The fourth-order valence-corrected chi connectivity index (χ4v) is 4.35. The van der Waals surface area contributed by atoms with Gasteiger partial charge in [-0.1, -0.05) is 37.2 Å². The van der Waals surface area contributed by atoms with Crippen molar-refractivity contribution in [2.45, 2.75) is 57.5 Å². The van der Waals surface area contributed by atoms with Gasteiger partial charge < -0.3 is 14.6 Å². The second-order valence-corrected chi connectivity index (χ2v) is 8.84. The molecule has 1 aromatic carbocycles. The molecule has 7 nitrogen and oxygen atoms in total. The van der Waals surface area contributed by atoms with Crippen molar-refractivity contribution in [3.05, 3.63) is 75.5 Å². The van der Waals surface area contributed by atoms with Gasteiger partial charge in [0.25, 0.3) is 0 Å². The zero-order valence-corrected chi connectivity index (χ0v) is 20.4. The largest absolute Gasteiger partial charge is 0.491 e. The molecule has 174 valence electrons. The Kier molecular flexibility index (Phi) is 8.65. The fraction of sp³-hybridized carbons (Fsp3) is 0.360. The highest BCUT2D eigenvalue weighted by molar-refractivity contribution is 7.98. The van der Waals surface area contributed by atoms with Gasteiger partial charge in [0.1, 0.15) is 6.54 Å². The summed E-state index contributed by atoms with van der Waals surface area (Å²) in [6.45, 7) is 6.06. The molecule has 0 aliphatic heterocycles. The number of hydrogen-bond acceptors (Lipinski definition) is 6. The van der Waals surface area contributed by atoms with E-state index in [0.29, 0.717) is 16.6 Å². The van der Waals surface area contributed by atoms with Crippen LogP contribution in [0.15, 0.2) is 52.5 Å². The average Bonchev–Trinajstić information content (AvgIpc) is 2.78. The summed E-state index contributed by atoms with van der Waals surface area (Å²) in [5.41, 5.74) is 4.24. The smallest absolute Gasteiger partial charge is 0.244 e. The summed E-state index contributed by atoms with van der Waals surface area (Å²) in [4.78, 5) is 34.0. The number of methoxy groups -OCH3 is 1. The molecule has 2 aromatic heterocycles. The van der Waals surface area contributed by atoms with Gasteiger partial charge in [-0.05, 0) is 50.5 Å². The number of ether oxygens (including phenoxy) is 1. The Morgan fingerprint density at radius 3 is 2.45 bits per heavy atom. The zero-order chi connectivity index (χ0) is 23.8. The number of nitrogens with one attached hydrogen (secondary N) is 1. The Morgan fingerprint density at radius 2 is 1.82 bits per heavy atom. The van der Waals surface area contributed by atoms with Crippen molar-refractivity contribution >= 4 is 23.4 Å². The maximum Gasteiger partial charge on any atom is 0.244 e. The average molecular weight is 467 g/mol. The topological polar surface area (TPSA) is 86.1 Å². The molecule has 0 bridgehead atoms. The highest BCUT2D eigenvalue weighted by Gasteiger charge is 2.12. The molecule has 0 radical (unpaired) electrons. The predicted molar refractivity (Wildman–Crippen MR) is 132 cm³/mol. The van der Waals surface area contributed by atoms with Gasteiger partial charge in [-0.2, -0.15) is 0 Å². The molecular weight excluding hydrogens is 436 g/mol. The van der Waals surface area contributed by atoms with Crippen LogP contribution < -0.4 is 15.5 Å². The van der Waals surface area contributed by atoms with E-state index in [-0.39, 0.29) is 23.6 Å². The van der Waals surface area contributed by atoms with Crippen LogP contribution in [0, 0.1) is 13.8 Å². The third-order valence-corrected chi connectivity index (χ3v) is 5.96. The number of carbonyl (C=O) groups is 1. The van der Waals surface area contributed by atoms with Crippen molar-refractivity contribution in [2.24, 2.45) is 0 Å². The van der Waals surface area contributed by atoms with Crippen LogP contribution in [0.2, 0.25) is 0 Å². The van der Waals surface area contributed by atoms with E-state index in [1.54, 1.807) is 10.8 Å². The Morgan fingerprint density at radius 1 is 1.12 bits per heavy atom. The predicted octanol–water partition coefficient (Wildman–Crippen LogP) is 4.54. The number of benzene rings is 1. The van der Waals surface area contributed by atoms with Gasteiger partial charge in [-0.3, -0.25) is 9.59 Å². The molecule has 33 heavy (non-hydrogen) atoms. The molecule has 0 saturated carbocycles. The van der Waals surface area contributed by atoms with E-state index >= 15 is 0 Å². The first-order valence-corrected chi connectivity index (χ1v) is 12.0. The van der Waals surface area contributed by atoms with Crippen LogP contribution in [-0.4, -0.2) is 27.6 Å². The second-order valence-electron chi connectivity index (χ2n) is 7.90. The minimum absolute atomic E-state index is 0.0534. The number of aryl methyl sites for hydroxylation is 3. The number of thioether (sulfide) groups is 1. The van der Waals surface area contributed by atoms with Crippen molar-refractivity contribution in [1.82, 2.24) is 14.5 Å². The molecule has 0 unspecified atom stereocenters. The third kappa shape index (κ3) is 7.18. The quantitative estimate of drug-likeness (QED) is 0.349. The van der Waals surface area contributed by atoms with Gasteiger partial charge in [0.15, 0.2) is 10.9 Å². The highest BCUT2D eigenvalue weighted by Crippen LogP contribution is 2.21. The molecule has 0 fully saturated rings. The lowest BCUT2D eigenvalue weighted by Gasteiger charge is -2.15. The van der Waals surface area contributed by atoms with Gasteiger partial charge in [0, 0.05) is 34.6 Å². The standard InChI is InChI=1S/C25H30N4O3S/c1-5-6-7-19-8-10-20(11-9-19)28-24(31)15-29-14-23(32-4)22(30)13-21(29)16-33-25-26-17(2)12-18(3)27-25/h8-14H,5-7,15-16H2,1-4H3,(H,28,31). The zero-order valence-electron chi connectivity index (χ0n) is 19.6. The van der Waals surface area contributed by atoms with Crippen molar-refractivity contribution in [1.29, 1.82) is 0 Å². The van der Waals surface area contributed by atoms with E-state index in [9.17, 15) is 9.59 Å². The Labute approximate surface area is 198 Å². The van der Waals surface area contributed by atoms with Gasteiger partial charge in [-0.15, -0.1) is 0 Å². The van der Waals surface area contributed by atoms with Crippen LogP contribution in [0.4, 0.5) is 5.69 Å². The number of carbonyl (C=O) groups excluding carboxylic acids is 1. The van der Waals surface area contributed by atoms with E-state index < -0.39 is 0 Å². The lowest BCUT2D eigenvalue weighted by atomic mass is 10.1. The molecule has 0 saturated heterocycles. The fourth-order valence-electron chi connectivity index (χ4n) is 3.41. The number of rotatable bonds is 10. The molecular formula is C25H30N4O3S. The normalized spacial score (nSPS) is 10.8. The number of nitrogens with zero attached hydrogens (tertiary/aromatic N) is 3. The molecule has 3 aromatic rings. The molecule has 3 rings (SSSR count). The van der Waals surface area contributed by atoms with Crippen molar-refractivity contribution in [3.8, 4) is 5.75 Å². The summed E-state index contributed by atoms with van der Waals surface area (Å²) < 4.78 is 6.92. The van der Waals surface area contributed by atoms with E-state index in [1.807, 2.05) is 44.2 Å². The van der Waals surface area contributed by atoms with Crippen LogP contribution in [0.3, 0.4) is 0 Å². The number of pyridine rings is 1. The summed E-state index contributed by atoms with van der Waals surface area (Å²) >= 11 is 1.42. The van der Waals surface area contributed by atoms with Crippen molar-refractivity contribution < 1.29 is 9.53 Å².